The summed E-state index contributed by atoms with van der Waals surface area (Å²) in [7, 11) is 0. The molecule has 1 heterocycles. The number of aromatic nitrogens is 1. The van der Waals surface area contributed by atoms with Crippen LogP contribution in [0.5, 0.6) is 0 Å². The molecule has 2 heteroatoms. The van der Waals surface area contributed by atoms with E-state index in [1.807, 2.05) is 18.3 Å². The fraction of sp³-hybridized carbons (Fsp3) is 0.583. The Labute approximate surface area is 85.7 Å². The van der Waals surface area contributed by atoms with E-state index >= 15 is 0 Å². The molecule has 0 spiro atoms. The van der Waals surface area contributed by atoms with Gasteiger partial charge in [-0.2, -0.15) is 0 Å². The first kappa shape index (κ1) is 9.66. The predicted octanol–water partition coefficient (Wildman–Crippen LogP) is 2.36. The summed E-state index contributed by atoms with van der Waals surface area (Å²) in [5.41, 5.74) is 1.70. The fourth-order valence-corrected chi connectivity index (χ4v) is 1.95. The molecule has 1 aromatic heterocycles. The fourth-order valence-electron chi connectivity index (χ4n) is 1.95. The van der Waals surface area contributed by atoms with Gasteiger partial charge < -0.3 is 5.32 Å². The van der Waals surface area contributed by atoms with E-state index < -0.39 is 0 Å². The van der Waals surface area contributed by atoms with Crippen LogP contribution in [0.4, 0.5) is 0 Å². The van der Waals surface area contributed by atoms with Crippen molar-refractivity contribution in [3.63, 3.8) is 0 Å². The van der Waals surface area contributed by atoms with Crippen molar-refractivity contribution in [2.75, 3.05) is 6.54 Å². The average Bonchev–Trinajstić information content (AvgIpc) is 2.17. The smallest absolute Gasteiger partial charge is 0.0541 e. The topological polar surface area (TPSA) is 24.9 Å². The van der Waals surface area contributed by atoms with Crippen LogP contribution >= 0.6 is 0 Å². The van der Waals surface area contributed by atoms with Gasteiger partial charge in [-0.25, -0.2) is 0 Å². The lowest BCUT2D eigenvalue weighted by molar-refractivity contribution is 0.156. The summed E-state index contributed by atoms with van der Waals surface area (Å²) < 4.78 is 0. The van der Waals surface area contributed by atoms with E-state index in [0.29, 0.717) is 5.41 Å². The first-order chi connectivity index (χ1) is 6.79. The van der Waals surface area contributed by atoms with Gasteiger partial charge in [0, 0.05) is 19.3 Å². The summed E-state index contributed by atoms with van der Waals surface area (Å²) in [5.74, 6) is 0. The number of pyridine rings is 1. The van der Waals surface area contributed by atoms with Crippen molar-refractivity contribution >= 4 is 0 Å². The van der Waals surface area contributed by atoms with Crippen molar-refractivity contribution in [2.24, 2.45) is 5.41 Å². The Bertz CT molecular complexity index is 278. The minimum Gasteiger partial charge on any atom is -0.311 e. The molecule has 2 nitrogen and oxygen atoms in total. The summed E-state index contributed by atoms with van der Waals surface area (Å²) in [5, 5.41) is 3.48. The minimum atomic E-state index is 0.564. The molecule has 76 valence electrons. The van der Waals surface area contributed by atoms with Gasteiger partial charge in [0.2, 0.25) is 0 Å². The molecule has 0 aromatic carbocycles. The molecule has 0 bridgehead atoms. The molecule has 0 amide bonds. The number of nitrogens with zero attached hydrogens (tertiary/aromatic N) is 1. The molecule has 0 radical (unpaired) electrons. The lowest BCUT2D eigenvalue weighted by atomic mass is 9.70. The molecule has 1 aliphatic rings. The largest absolute Gasteiger partial charge is 0.311 e. The highest BCUT2D eigenvalue weighted by atomic mass is 14.9. The number of hydrogen-bond donors (Lipinski definition) is 1. The van der Waals surface area contributed by atoms with Gasteiger partial charge in [-0.15, -0.1) is 0 Å². The Morgan fingerprint density at radius 3 is 2.86 bits per heavy atom. The molecule has 1 aliphatic carbocycles. The molecule has 0 atom stereocenters. The second-order valence-electron chi connectivity index (χ2n) is 4.59. The zero-order chi connectivity index (χ0) is 9.86. The van der Waals surface area contributed by atoms with Crippen LogP contribution in [0, 0.1) is 5.41 Å². The maximum atomic E-state index is 4.28. The molecule has 2 rings (SSSR count). The zero-order valence-corrected chi connectivity index (χ0v) is 8.79. The Kier molecular flexibility index (Phi) is 2.82. The van der Waals surface area contributed by atoms with E-state index in [2.05, 4.69) is 23.3 Å². The van der Waals surface area contributed by atoms with Gasteiger partial charge in [0.05, 0.1) is 5.69 Å². The maximum absolute atomic E-state index is 4.28. The Hall–Kier alpha value is -0.890. The SMILES string of the molecule is CC1(CNCc2ccccn2)CCC1. The predicted molar refractivity (Wildman–Crippen MR) is 57.9 cm³/mol. The standard InChI is InChI=1S/C12H18N2/c1-12(6-4-7-12)10-13-9-11-5-2-3-8-14-11/h2-3,5,8,13H,4,6-7,9-10H2,1H3. The summed E-state index contributed by atoms with van der Waals surface area (Å²) in [4.78, 5) is 4.28. The molecule has 0 aliphatic heterocycles. The van der Waals surface area contributed by atoms with Crippen LogP contribution in [-0.2, 0) is 6.54 Å². The molecule has 0 saturated heterocycles. The molecular weight excluding hydrogens is 172 g/mol. The van der Waals surface area contributed by atoms with Crippen LogP contribution in [0.15, 0.2) is 24.4 Å². The highest BCUT2D eigenvalue weighted by Crippen LogP contribution is 2.39. The molecule has 0 unspecified atom stereocenters. The third kappa shape index (κ3) is 2.32. The second kappa shape index (κ2) is 4.09. The number of nitrogens with one attached hydrogen (secondary N) is 1. The Balaban J connectivity index is 1.73. The van der Waals surface area contributed by atoms with E-state index in [1.165, 1.54) is 19.3 Å². The molecule has 14 heavy (non-hydrogen) atoms. The molecular formula is C12H18N2. The van der Waals surface area contributed by atoms with E-state index in [1.54, 1.807) is 0 Å². The van der Waals surface area contributed by atoms with Gasteiger partial charge in [-0.3, -0.25) is 4.98 Å². The van der Waals surface area contributed by atoms with Gasteiger partial charge >= 0.3 is 0 Å². The van der Waals surface area contributed by atoms with Crippen molar-refractivity contribution in [1.29, 1.82) is 0 Å². The highest BCUT2D eigenvalue weighted by molar-refractivity contribution is 5.03. The van der Waals surface area contributed by atoms with E-state index in [0.717, 1.165) is 18.8 Å². The normalized spacial score (nSPS) is 18.9. The van der Waals surface area contributed by atoms with E-state index in [4.69, 9.17) is 0 Å². The molecule has 1 fully saturated rings. The summed E-state index contributed by atoms with van der Waals surface area (Å²) in [6.45, 7) is 4.39. The van der Waals surface area contributed by atoms with Crippen molar-refractivity contribution in [3.8, 4) is 0 Å². The van der Waals surface area contributed by atoms with Crippen molar-refractivity contribution in [3.05, 3.63) is 30.1 Å². The summed E-state index contributed by atoms with van der Waals surface area (Å²) in [6.07, 6.45) is 6.01. The quantitative estimate of drug-likeness (QED) is 0.788. The van der Waals surface area contributed by atoms with E-state index in [9.17, 15) is 0 Å². The zero-order valence-electron chi connectivity index (χ0n) is 8.79. The third-order valence-electron chi connectivity index (χ3n) is 3.14. The van der Waals surface area contributed by atoms with Crippen molar-refractivity contribution in [1.82, 2.24) is 10.3 Å². The van der Waals surface area contributed by atoms with Gasteiger partial charge in [-0.1, -0.05) is 19.4 Å². The second-order valence-corrected chi connectivity index (χ2v) is 4.59. The third-order valence-corrected chi connectivity index (χ3v) is 3.14. The van der Waals surface area contributed by atoms with Crippen molar-refractivity contribution in [2.45, 2.75) is 32.7 Å². The lowest BCUT2D eigenvalue weighted by Crippen LogP contribution is -2.37. The van der Waals surface area contributed by atoms with Crippen LogP contribution in [0.3, 0.4) is 0 Å². The molecule has 1 N–H and O–H groups in total. The van der Waals surface area contributed by atoms with Gasteiger partial charge in [0.1, 0.15) is 0 Å². The van der Waals surface area contributed by atoms with Gasteiger partial charge in [0.25, 0.3) is 0 Å². The summed E-state index contributed by atoms with van der Waals surface area (Å²) >= 11 is 0. The van der Waals surface area contributed by atoms with Crippen LogP contribution in [0.1, 0.15) is 31.9 Å². The number of hydrogen-bond acceptors (Lipinski definition) is 2. The minimum absolute atomic E-state index is 0.564. The first-order valence-corrected chi connectivity index (χ1v) is 5.39. The first-order valence-electron chi connectivity index (χ1n) is 5.39. The Morgan fingerprint density at radius 1 is 1.43 bits per heavy atom. The van der Waals surface area contributed by atoms with Crippen LogP contribution in [0.25, 0.3) is 0 Å². The molecule has 1 saturated carbocycles. The van der Waals surface area contributed by atoms with Gasteiger partial charge in [0.15, 0.2) is 0 Å². The number of rotatable bonds is 4. The van der Waals surface area contributed by atoms with Crippen LogP contribution in [-0.4, -0.2) is 11.5 Å². The van der Waals surface area contributed by atoms with Gasteiger partial charge in [-0.05, 0) is 30.4 Å². The van der Waals surface area contributed by atoms with E-state index in [-0.39, 0.29) is 0 Å². The highest BCUT2D eigenvalue weighted by Gasteiger charge is 2.30. The average molecular weight is 190 g/mol. The summed E-state index contributed by atoms with van der Waals surface area (Å²) in [6, 6.07) is 6.06. The maximum Gasteiger partial charge on any atom is 0.0541 e. The Morgan fingerprint density at radius 2 is 2.29 bits per heavy atom. The van der Waals surface area contributed by atoms with Crippen LogP contribution < -0.4 is 5.32 Å². The lowest BCUT2D eigenvalue weighted by Gasteiger charge is -2.38. The van der Waals surface area contributed by atoms with Crippen LogP contribution in [0.2, 0.25) is 0 Å². The monoisotopic (exact) mass is 190 g/mol. The van der Waals surface area contributed by atoms with Crippen molar-refractivity contribution < 1.29 is 0 Å². The molecule has 1 aromatic rings.